The van der Waals surface area contributed by atoms with Gasteiger partial charge in [0, 0.05) is 18.6 Å². The van der Waals surface area contributed by atoms with Crippen LogP contribution in [0.4, 0.5) is 4.79 Å². The molecule has 8 heteroatoms. The van der Waals surface area contributed by atoms with Crippen LogP contribution in [0, 0.1) is 11.8 Å². The molecule has 0 radical (unpaired) electrons. The number of carbonyl (C=O) groups is 2. The second-order valence-electron chi connectivity index (χ2n) is 10.5. The molecule has 1 fully saturated rings. The van der Waals surface area contributed by atoms with Crippen LogP contribution in [0.2, 0.25) is 0 Å². The fraction of sp³-hybridized carbons (Fsp3) is 0.394. The molecule has 1 amide bonds. The number of rotatable bonds is 13. The first kappa shape index (κ1) is 29.9. The molecule has 4 atom stereocenters. The van der Waals surface area contributed by atoms with Gasteiger partial charge in [-0.05, 0) is 60.7 Å². The van der Waals surface area contributed by atoms with Crippen LogP contribution in [0.5, 0.6) is 11.5 Å². The normalized spacial score (nSPS) is 17.9. The lowest BCUT2D eigenvalue weighted by molar-refractivity contribution is -0.176. The largest absolute Gasteiger partial charge is 0.508 e. The Hall–Kier alpha value is -4.04. The number of nitrogens with zero attached hydrogens (tertiary/aromatic N) is 1. The summed E-state index contributed by atoms with van der Waals surface area (Å²) >= 11 is 0. The first-order valence-corrected chi connectivity index (χ1v) is 13.9. The quantitative estimate of drug-likeness (QED) is 0.230. The highest BCUT2D eigenvalue weighted by molar-refractivity contribution is 5.87. The van der Waals surface area contributed by atoms with Crippen LogP contribution in [0.15, 0.2) is 78.9 Å². The molecule has 0 spiro atoms. The van der Waals surface area contributed by atoms with Crippen molar-refractivity contribution in [3.8, 4) is 11.5 Å². The minimum atomic E-state index is -0.823. The van der Waals surface area contributed by atoms with E-state index in [-0.39, 0.29) is 37.1 Å². The molecule has 3 aromatic carbocycles. The van der Waals surface area contributed by atoms with E-state index < -0.39 is 18.2 Å². The van der Waals surface area contributed by atoms with Crippen molar-refractivity contribution >= 4 is 12.1 Å². The molecule has 1 heterocycles. The smallest absolute Gasteiger partial charge is 0.497 e. The van der Waals surface area contributed by atoms with E-state index in [4.69, 9.17) is 18.9 Å². The zero-order chi connectivity index (χ0) is 29.4. The van der Waals surface area contributed by atoms with Gasteiger partial charge in [0.15, 0.2) is 0 Å². The maximum atomic E-state index is 13.8. The van der Waals surface area contributed by atoms with Gasteiger partial charge in [-0.15, -0.1) is 0 Å². The summed E-state index contributed by atoms with van der Waals surface area (Å²) < 4.78 is 21.5. The second-order valence-corrected chi connectivity index (χ2v) is 10.5. The molecular weight excluding hydrogens is 522 g/mol. The molecule has 0 unspecified atom stereocenters. The minimum absolute atomic E-state index is 0.0827. The number of benzene rings is 3. The molecule has 3 aromatic rings. The summed E-state index contributed by atoms with van der Waals surface area (Å²) in [5, 5.41) is 10.1. The first-order valence-electron chi connectivity index (χ1n) is 13.9. The number of carbonyl (C=O) groups excluding carboxylic acids is 2. The molecule has 0 aromatic heterocycles. The van der Waals surface area contributed by atoms with Crippen LogP contribution in [-0.2, 0) is 33.7 Å². The summed E-state index contributed by atoms with van der Waals surface area (Å²) in [5.41, 5.74) is 2.96. The Bertz CT molecular complexity index is 1210. The predicted molar refractivity (Wildman–Crippen MR) is 155 cm³/mol. The van der Waals surface area contributed by atoms with E-state index in [1.807, 2.05) is 90.7 Å². The third-order valence-corrected chi connectivity index (χ3v) is 7.74. The predicted octanol–water partition coefficient (Wildman–Crippen LogP) is 5.05. The highest BCUT2D eigenvalue weighted by Gasteiger charge is 2.55. The van der Waals surface area contributed by atoms with Crippen LogP contribution in [0.3, 0.4) is 0 Å². The monoisotopic (exact) mass is 561 g/mol. The van der Waals surface area contributed by atoms with Crippen molar-refractivity contribution in [3.05, 3.63) is 95.6 Å². The summed E-state index contributed by atoms with van der Waals surface area (Å²) in [4.78, 5) is 28.1. The van der Waals surface area contributed by atoms with Gasteiger partial charge in [0.1, 0.15) is 24.2 Å². The highest BCUT2D eigenvalue weighted by Crippen LogP contribution is 2.39. The molecule has 4 rings (SSSR count). The van der Waals surface area contributed by atoms with Gasteiger partial charge in [-0.25, -0.2) is 4.79 Å². The van der Waals surface area contributed by atoms with Crippen molar-refractivity contribution in [2.24, 2.45) is 11.8 Å². The number of aliphatic hydroxyl groups is 1. The number of ether oxygens (including phenoxy) is 4. The van der Waals surface area contributed by atoms with Crippen molar-refractivity contribution < 1.29 is 33.6 Å². The Morgan fingerprint density at radius 3 is 1.85 bits per heavy atom. The summed E-state index contributed by atoms with van der Waals surface area (Å²) in [6, 6.07) is 24.5. The summed E-state index contributed by atoms with van der Waals surface area (Å²) in [6.45, 7) is 3.60. The fourth-order valence-corrected chi connectivity index (χ4v) is 5.51. The van der Waals surface area contributed by atoms with Crippen LogP contribution in [0.25, 0.3) is 0 Å². The van der Waals surface area contributed by atoms with Gasteiger partial charge < -0.3 is 29.0 Å². The van der Waals surface area contributed by atoms with Gasteiger partial charge in [0.05, 0.1) is 26.2 Å². The van der Waals surface area contributed by atoms with Gasteiger partial charge in [-0.3, -0.25) is 4.79 Å². The maximum Gasteiger partial charge on any atom is 0.508 e. The number of hydrogen-bond donors (Lipinski definition) is 1. The molecule has 8 nitrogen and oxygen atoms in total. The number of hydrogen-bond acceptors (Lipinski definition) is 7. The van der Waals surface area contributed by atoms with Gasteiger partial charge >= 0.3 is 6.16 Å². The van der Waals surface area contributed by atoms with Gasteiger partial charge in [-0.1, -0.05) is 61.5 Å². The van der Waals surface area contributed by atoms with Crippen molar-refractivity contribution in [1.82, 2.24) is 4.90 Å². The third kappa shape index (κ3) is 7.38. The molecule has 1 N–H and O–H groups in total. The van der Waals surface area contributed by atoms with Crippen molar-refractivity contribution in [2.45, 2.75) is 51.5 Å². The lowest BCUT2D eigenvalue weighted by atomic mass is 9.74. The van der Waals surface area contributed by atoms with E-state index in [9.17, 15) is 14.7 Å². The number of likely N-dealkylation sites (tertiary alicyclic amines) is 1. The zero-order valence-electron chi connectivity index (χ0n) is 24.1. The van der Waals surface area contributed by atoms with E-state index in [1.54, 1.807) is 21.1 Å². The molecule has 1 aliphatic heterocycles. The highest BCUT2D eigenvalue weighted by atomic mass is 16.7. The van der Waals surface area contributed by atoms with E-state index in [2.05, 4.69) is 0 Å². The molecule has 0 aliphatic carbocycles. The molecule has 0 saturated carbocycles. The van der Waals surface area contributed by atoms with Crippen LogP contribution >= 0.6 is 0 Å². The lowest BCUT2D eigenvalue weighted by Gasteiger charge is -2.54. The molecule has 218 valence electrons. The number of β-lactam (4-membered cyclic amide) rings is 1. The van der Waals surface area contributed by atoms with Crippen LogP contribution in [-0.4, -0.2) is 61.1 Å². The van der Waals surface area contributed by atoms with Crippen LogP contribution < -0.4 is 9.47 Å². The number of methoxy groups -OCH3 is 2. The van der Waals surface area contributed by atoms with Crippen molar-refractivity contribution in [1.29, 1.82) is 0 Å². The minimum Gasteiger partial charge on any atom is -0.497 e. The Labute approximate surface area is 241 Å². The van der Waals surface area contributed by atoms with E-state index in [1.165, 1.54) is 0 Å². The van der Waals surface area contributed by atoms with E-state index >= 15 is 0 Å². The van der Waals surface area contributed by atoms with Gasteiger partial charge in [0.25, 0.3) is 0 Å². The lowest BCUT2D eigenvalue weighted by Crippen LogP contribution is -2.70. The molecule has 41 heavy (non-hydrogen) atoms. The standard InChI is InChI=1S/C33H39NO7/c1-22(20-35)31-30(23(2)41-33(37)40-21-26-8-6-5-7-9-26)32(36)34(31)27(18-24-10-14-28(38-3)15-11-24)19-25-12-16-29(39-4)17-13-25/h5-17,22-23,27,30-31,35H,18-21H2,1-4H3/t22-,23+,30+,31+/m0/s1. The Balaban J connectivity index is 1.52. The SMILES string of the molecule is COc1ccc(CC(Cc2ccc(OC)cc2)N2C(=O)[C@H]([C@@H](C)OC(=O)OCc3ccccc3)[C@H]2[C@@H](C)CO)cc1. The summed E-state index contributed by atoms with van der Waals surface area (Å²) in [6.07, 6.45) is -0.325. The van der Waals surface area contributed by atoms with Gasteiger partial charge in [-0.2, -0.15) is 0 Å². The zero-order valence-corrected chi connectivity index (χ0v) is 24.1. The Morgan fingerprint density at radius 1 is 0.829 bits per heavy atom. The Morgan fingerprint density at radius 2 is 1.37 bits per heavy atom. The molecule has 1 saturated heterocycles. The first-order chi connectivity index (χ1) is 19.8. The molecular formula is C33H39NO7. The average molecular weight is 562 g/mol. The molecule has 0 bridgehead atoms. The van der Waals surface area contributed by atoms with Gasteiger partial charge in [0.2, 0.25) is 5.91 Å². The number of aliphatic hydroxyl groups excluding tert-OH is 1. The van der Waals surface area contributed by atoms with Crippen molar-refractivity contribution in [3.63, 3.8) is 0 Å². The second kappa shape index (κ2) is 14.0. The maximum absolute atomic E-state index is 13.8. The summed E-state index contributed by atoms with van der Waals surface area (Å²) in [5.74, 6) is 0.606. The number of amides is 1. The Kier molecular flexibility index (Phi) is 10.2. The van der Waals surface area contributed by atoms with E-state index in [0.29, 0.717) is 12.8 Å². The molecule has 1 aliphatic rings. The van der Waals surface area contributed by atoms with E-state index in [0.717, 1.165) is 28.2 Å². The third-order valence-electron chi connectivity index (χ3n) is 7.74. The van der Waals surface area contributed by atoms with Crippen molar-refractivity contribution in [2.75, 3.05) is 20.8 Å². The van der Waals surface area contributed by atoms with Crippen LogP contribution in [0.1, 0.15) is 30.5 Å². The summed E-state index contributed by atoms with van der Waals surface area (Å²) in [7, 11) is 3.25. The fourth-order valence-electron chi connectivity index (χ4n) is 5.51. The average Bonchev–Trinajstić information content (AvgIpc) is 2.99. The topological polar surface area (TPSA) is 94.5 Å².